The summed E-state index contributed by atoms with van der Waals surface area (Å²) in [5.41, 5.74) is -0.522. The van der Waals surface area contributed by atoms with E-state index in [4.69, 9.17) is 9.47 Å². The predicted molar refractivity (Wildman–Crippen MR) is 49.4 cm³/mol. The summed E-state index contributed by atoms with van der Waals surface area (Å²) < 4.78 is 9.77. The van der Waals surface area contributed by atoms with Gasteiger partial charge in [-0.2, -0.15) is 0 Å². The van der Waals surface area contributed by atoms with Crippen LogP contribution < -0.4 is 0 Å². The number of cyclic esters (lactones) is 1. The van der Waals surface area contributed by atoms with Crippen molar-refractivity contribution in [3.05, 3.63) is 12.2 Å². The Kier molecular flexibility index (Phi) is 2.93. The van der Waals surface area contributed by atoms with Crippen molar-refractivity contribution < 1.29 is 19.1 Å². The van der Waals surface area contributed by atoms with Crippen molar-refractivity contribution in [2.45, 2.75) is 26.9 Å². The summed E-state index contributed by atoms with van der Waals surface area (Å²) in [5.74, 6) is -0.685. The molecular weight excluding hydrogens is 184 g/mol. The number of hydrogen-bond donors (Lipinski definition) is 0. The van der Waals surface area contributed by atoms with Crippen LogP contribution >= 0.6 is 0 Å². The Morgan fingerprint density at radius 1 is 1.57 bits per heavy atom. The lowest BCUT2D eigenvalue weighted by Crippen LogP contribution is -2.27. The van der Waals surface area contributed by atoms with Gasteiger partial charge >= 0.3 is 11.9 Å². The molecule has 0 radical (unpaired) electrons. The molecule has 0 bridgehead atoms. The Hall–Kier alpha value is -1.32. The Labute approximate surface area is 82.9 Å². The first kappa shape index (κ1) is 10.8. The highest BCUT2D eigenvalue weighted by molar-refractivity contribution is 5.84. The lowest BCUT2D eigenvalue weighted by Gasteiger charge is -2.17. The molecule has 0 aromatic carbocycles. The predicted octanol–water partition coefficient (Wildman–Crippen LogP) is 1.06. The van der Waals surface area contributed by atoms with Crippen molar-refractivity contribution >= 4 is 11.9 Å². The molecule has 4 nitrogen and oxygen atoms in total. The van der Waals surface area contributed by atoms with Gasteiger partial charge in [-0.25, -0.2) is 4.79 Å². The van der Waals surface area contributed by atoms with Gasteiger partial charge in [0.15, 0.2) is 6.10 Å². The summed E-state index contributed by atoms with van der Waals surface area (Å²) in [7, 11) is 0. The highest BCUT2D eigenvalue weighted by Gasteiger charge is 2.25. The summed E-state index contributed by atoms with van der Waals surface area (Å²) in [6, 6.07) is 0. The summed E-state index contributed by atoms with van der Waals surface area (Å²) in [6.07, 6.45) is 2.49. The molecule has 0 aromatic rings. The summed E-state index contributed by atoms with van der Waals surface area (Å²) in [5, 5.41) is 0. The minimum absolute atomic E-state index is 0.0956. The molecule has 0 aliphatic carbocycles. The van der Waals surface area contributed by atoms with Gasteiger partial charge in [0.2, 0.25) is 0 Å². The maximum absolute atomic E-state index is 11.3. The Morgan fingerprint density at radius 2 is 2.21 bits per heavy atom. The van der Waals surface area contributed by atoms with E-state index in [0.29, 0.717) is 0 Å². The molecule has 0 saturated heterocycles. The molecule has 0 amide bonds. The topological polar surface area (TPSA) is 52.6 Å². The molecule has 1 aliphatic heterocycles. The van der Waals surface area contributed by atoms with Crippen LogP contribution in [0, 0.1) is 5.41 Å². The summed E-state index contributed by atoms with van der Waals surface area (Å²) in [4.78, 5) is 22.0. The number of hydrogen-bond acceptors (Lipinski definition) is 4. The molecule has 1 atom stereocenters. The molecule has 0 saturated carbocycles. The highest BCUT2D eigenvalue weighted by atomic mass is 16.6. The molecule has 14 heavy (non-hydrogen) atoms. The normalized spacial score (nSPS) is 20.8. The highest BCUT2D eigenvalue weighted by Crippen LogP contribution is 2.16. The number of esters is 2. The first-order valence-corrected chi connectivity index (χ1v) is 4.45. The van der Waals surface area contributed by atoms with Crippen LogP contribution in [0.15, 0.2) is 12.2 Å². The van der Waals surface area contributed by atoms with E-state index >= 15 is 0 Å². The van der Waals surface area contributed by atoms with Crippen LogP contribution in [0.25, 0.3) is 0 Å². The minimum atomic E-state index is -0.522. The third kappa shape index (κ3) is 2.87. The number of carbonyl (C=O) groups excluding carboxylic acids is 2. The third-order valence-corrected chi connectivity index (χ3v) is 1.71. The van der Waals surface area contributed by atoms with Crippen LogP contribution in [-0.2, 0) is 19.1 Å². The van der Waals surface area contributed by atoms with E-state index in [1.165, 1.54) is 6.08 Å². The Morgan fingerprint density at radius 3 is 2.64 bits per heavy atom. The second-order valence-electron chi connectivity index (χ2n) is 4.18. The lowest BCUT2D eigenvalue weighted by molar-refractivity contribution is -0.158. The zero-order valence-corrected chi connectivity index (χ0v) is 8.57. The van der Waals surface area contributed by atoms with Gasteiger partial charge in [-0.05, 0) is 26.8 Å². The second kappa shape index (κ2) is 3.82. The summed E-state index contributed by atoms with van der Waals surface area (Å²) in [6.45, 7) is 5.40. The average Bonchev–Trinajstić information content (AvgIpc) is 2.45. The number of rotatable bonds is 2. The lowest BCUT2D eigenvalue weighted by atomic mass is 9.97. The smallest absolute Gasteiger partial charge is 0.331 e. The third-order valence-electron chi connectivity index (χ3n) is 1.71. The fourth-order valence-corrected chi connectivity index (χ4v) is 0.878. The maximum atomic E-state index is 11.3. The molecular formula is C10H14O4. The quantitative estimate of drug-likeness (QED) is 0.622. The molecule has 0 spiro atoms. The van der Waals surface area contributed by atoms with Crippen molar-refractivity contribution in [2.75, 3.05) is 6.61 Å². The molecule has 4 heteroatoms. The van der Waals surface area contributed by atoms with Gasteiger partial charge in [0.05, 0.1) is 5.41 Å². The first-order chi connectivity index (χ1) is 6.39. The van der Waals surface area contributed by atoms with Crippen LogP contribution in [0.5, 0.6) is 0 Å². The number of ether oxygens (including phenoxy) is 2. The van der Waals surface area contributed by atoms with Gasteiger partial charge in [-0.3, -0.25) is 4.79 Å². The van der Waals surface area contributed by atoms with E-state index in [1.54, 1.807) is 26.8 Å². The van der Waals surface area contributed by atoms with Crippen LogP contribution in [0.2, 0.25) is 0 Å². The van der Waals surface area contributed by atoms with Gasteiger partial charge in [0.1, 0.15) is 6.61 Å². The van der Waals surface area contributed by atoms with Gasteiger partial charge in [-0.15, -0.1) is 0 Å². The van der Waals surface area contributed by atoms with Crippen molar-refractivity contribution in [3.63, 3.8) is 0 Å². The Bertz CT molecular complexity index is 272. The van der Waals surface area contributed by atoms with E-state index in [9.17, 15) is 9.59 Å². The standard InChI is InChI=1S/C10H14O4/c1-10(2,3)9(12)13-6-7-4-5-8(11)14-7/h4-5,7H,6H2,1-3H3. The van der Waals surface area contributed by atoms with Gasteiger partial charge < -0.3 is 9.47 Å². The van der Waals surface area contributed by atoms with E-state index in [1.807, 2.05) is 0 Å². The van der Waals surface area contributed by atoms with Crippen molar-refractivity contribution in [1.82, 2.24) is 0 Å². The molecule has 1 unspecified atom stereocenters. The van der Waals surface area contributed by atoms with Gasteiger partial charge in [-0.1, -0.05) is 0 Å². The molecule has 0 aromatic heterocycles. The monoisotopic (exact) mass is 198 g/mol. The van der Waals surface area contributed by atoms with Crippen LogP contribution in [0.3, 0.4) is 0 Å². The SMILES string of the molecule is CC(C)(C)C(=O)OCC1C=CC(=O)O1. The number of carbonyl (C=O) groups is 2. The molecule has 0 N–H and O–H groups in total. The van der Waals surface area contributed by atoms with Crippen molar-refractivity contribution in [3.8, 4) is 0 Å². The van der Waals surface area contributed by atoms with E-state index < -0.39 is 11.5 Å². The molecule has 1 rings (SSSR count). The van der Waals surface area contributed by atoms with Crippen molar-refractivity contribution in [2.24, 2.45) is 5.41 Å². The molecule has 1 heterocycles. The fourth-order valence-electron chi connectivity index (χ4n) is 0.878. The molecule has 78 valence electrons. The van der Waals surface area contributed by atoms with Crippen molar-refractivity contribution in [1.29, 1.82) is 0 Å². The van der Waals surface area contributed by atoms with Gasteiger partial charge in [0, 0.05) is 6.08 Å². The molecule has 0 fully saturated rings. The second-order valence-corrected chi connectivity index (χ2v) is 4.18. The first-order valence-electron chi connectivity index (χ1n) is 4.45. The van der Waals surface area contributed by atoms with E-state index in [0.717, 1.165) is 0 Å². The maximum Gasteiger partial charge on any atom is 0.331 e. The van der Waals surface area contributed by atoms with Crippen LogP contribution in [-0.4, -0.2) is 24.6 Å². The fraction of sp³-hybridized carbons (Fsp3) is 0.600. The zero-order valence-electron chi connectivity index (χ0n) is 8.57. The zero-order chi connectivity index (χ0) is 10.8. The van der Waals surface area contributed by atoms with E-state index in [2.05, 4.69) is 0 Å². The van der Waals surface area contributed by atoms with Crippen LogP contribution in [0.1, 0.15) is 20.8 Å². The average molecular weight is 198 g/mol. The van der Waals surface area contributed by atoms with Crippen LogP contribution in [0.4, 0.5) is 0 Å². The summed E-state index contributed by atoms with van der Waals surface area (Å²) >= 11 is 0. The largest absolute Gasteiger partial charge is 0.461 e. The van der Waals surface area contributed by atoms with E-state index in [-0.39, 0.29) is 18.5 Å². The molecule has 1 aliphatic rings. The Balaban J connectivity index is 2.32. The van der Waals surface area contributed by atoms with Gasteiger partial charge in [0.25, 0.3) is 0 Å². The minimum Gasteiger partial charge on any atom is -0.461 e.